The fraction of sp³-hybridized carbons (Fsp3) is 0.143. The van der Waals surface area contributed by atoms with Crippen molar-refractivity contribution in [1.29, 1.82) is 5.26 Å². The highest BCUT2D eigenvalue weighted by atomic mass is 16.5. The monoisotopic (exact) mass is 300 g/mol. The Labute approximate surface area is 125 Å². The van der Waals surface area contributed by atoms with Crippen molar-refractivity contribution >= 4 is 23.4 Å². The number of ether oxygens (including phenoxy) is 1. The predicted molar refractivity (Wildman–Crippen MR) is 75.7 cm³/mol. The number of benzene rings is 1. The van der Waals surface area contributed by atoms with Crippen LogP contribution in [0.3, 0.4) is 0 Å². The van der Waals surface area contributed by atoms with Crippen molar-refractivity contribution in [3.63, 3.8) is 0 Å². The number of hydrogen-bond donors (Lipinski definition) is 2. The maximum Gasteiger partial charge on any atom is 0.346 e. The quantitative estimate of drug-likeness (QED) is 0.811. The molecule has 0 atom stereocenters. The maximum atomic E-state index is 11.8. The summed E-state index contributed by atoms with van der Waals surface area (Å²) in [4.78, 5) is 23.5. The SMILES string of the molecule is Cc1noc(N)c1C(=O)OCC(=O)Nc1ccccc1C#N. The highest BCUT2D eigenvalue weighted by Crippen LogP contribution is 2.17. The third-order valence-corrected chi connectivity index (χ3v) is 2.75. The van der Waals surface area contributed by atoms with Crippen LogP contribution in [-0.4, -0.2) is 23.6 Å². The molecule has 1 aromatic carbocycles. The first kappa shape index (κ1) is 15.1. The molecule has 112 valence electrons. The highest BCUT2D eigenvalue weighted by molar-refractivity contribution is 5.98. The summed E-state index contributed by atoms with van der Waals surface area (Å²) in [5.74, 6) is -1.55. The van der Waals surface area contributed by atoms with E-state index in [4.69, 9.17) is 15.7 Å². The summed E-state index contributed by atoms with van der Waals surface area (Å²) in [6, 6.07) is 8.41. The molecular formula is C14H12N4O4. The number of nitrogens with zero attached hydrogens (tertiary/aromatic N) is 2. The van der Waals surface area contributed by atoms with Crippen molar-refractivity contribution in [3.05, 3.63) is 41.1 Å². The molecule has 0 aliphatic carbocycles. The van der Waals surface area contributed by atoms with Gasteiger partial charge >= 0.3 is 5.97 Å². The van der Waals surface area contributed by atoms with E-state index in [1.165, 1.54) is 6.92 Å². The van der Waals surface area contributed by atoms with Crippen molar-refractivity contribution in [2.24, 2.45) is 0 Å². The molecule has 0 bridgehead atoms. The van der Waals surface area contributed by atoms with E-state index in [9.17, 15) is 9.59 Å². The Morgan fingerprint density at radius 3 is 2.82 bits per heavy atom. The first-order valence-electron chi connectivity index (χ1n) is 6.20. The van der Waals surface area contributed by atoms with E-state index in [0.717, 1.165) is 0 Å². The molecule has 1 aromatic heterocycles. The van der Waals surface area contributed by atoms with E-state index in [1.54, 1.807) is 24.3 Å². The number of nitriles is 1. The Bertz CT molecular complexity index is 741. The summed E-state index contributed by atoms with van der Waals surface area (Å²) in [5.41, 5.74) is 6.36. The molecule has 3 N–H and O–H groups in total. The Hall–Kier alpha value is -3.34. The number of aromatic nitrogens is 1. The standard InChI is InChI=1S/C14H12N4O4/c1-8-12(13(16)22-18-8)14(20)21-7-11(19)17-10-5-3-2-4-9(10)6-15/h2-5H,7,16H2,1H3,(H,17,19). The van der Waals surface area contributed by atoms with Crippen molar-refractivity contribution in [2.75, 3.05) is 17.7 Å². The van der Waals surface area contributed by atoms with Crippen molar-refractivity contribution in [1.82, 2.24) is 5.16 Å². The Balaban J connectivity index is 1.96. The average Bonchev–Trinajstić information content (AvgIpc) is 2.84. The van der Waals surface area contributed by atoms with Gasteiger partial charge in [-0.2, -0.15) is 5.26 Å². The third-order valence-electron chi connectivity index (χ3n) is 2.75. The lowest BCUT2D eigenvalue weighted by Crippen LogP contribution is -2.21. The summed E-state index contributed by atoms with van der Waals surface area (Å²) < 4.78 is 9.48. The highest BCUT2D eigenvalue weighted by Gasteiger charge is 2.21. The second-order valence-corrected chi connectivity index (χ2v) is 4.29. The summed E-state index contributed by atoms with van der Waals surface area (Å²) in [6.45, 7) is 1.00. The van der Waals surface area contributed by atoms with Gasteiger partial charge in [0.1, 0.15) is 11.6 Å². The molecule has 2 aromatic rings. The average molecular weight is 300 g/mol. The van der Waals surface area contributed by atoms with Gasteiger partial charge in [0.05, 0.1) is 16.9 Å². The molecule has 1 heterocycles. The fourth-order valence-corrected chi connectivity index (χ4v) is 1.71. The van der Waals surface area contributed by atoms with Crippen molar-refractivity contribution in [2.45, 2.75) is 6.92 Å². The Kier molecular flexibility index (Phi) is 4.38. The molecule has 0 saturated carbocycles. The van der Waals surface area contributed by atoms with Gasteiger partial charge in [0.15, 0.2) is 6.61 Å². The number of carbonyl (C=O) groups excluding carboxylic acids is 2. The molecule has 0 unspecified atom stereocenters. The predicted octanol–water partition coefficient (Wildman–Crippen LogP) is 1.23. The number of nitrogens with two attached hydrogens (primary N) is 1. The first-order chi connectivity index (χ1) is 10.5. The zero-order valence-electron chi connectivity index (χ0n) is 11.6. The van der Waals surface area contributed by atoms with E-state index < -0.39 is 18.5 Å². The lowest BCUT2D eigenvalue weighted by molar-refractivity contribution is -0.119. The van der Waals surface area contributed by atoms with Gasteiger partial charge in [0.25, 0.3) is 5.91 Å². The minimum absolute atomic E-state index is 0.00905. The topological polar surface area (TPSA) is 131 Å². The fourth-order valence-electron chi connectivity index (χ4n) is 1.71. The molecular weight excluding hydrogens is 288 g/mol. The Morgan fingerprint density at radius 2 is 2.18 bits per heavy atom. The number of nitrogen functional groups attached to an aromatic ring is 1. The number of aryl methyl sites for hydroxylation is 1. The molecule has 0 aliphatic heterocycles. The largest absolute Gasteiger partial charge is 0.452 e. The van der Waals surface area contributed by atoms with Gasteiger partial charge in [-0.05, 0) is 19.1 Å². The molecule has 0 saturated heterocycles. The van der Waals surface area contributed by atoms with Crippen LogP contribution in [0.25, 0.3) is 0 Å². The number of esters is 1. The molecule has 8 heteroatoms. The van der Waals surface area contributed by atoms with Crippen LogP contribution in [0, 0.1) is 18.3 Å². The van der Waals surface area contributed by atoms with E-state index in [-0.39, 0.29) is 17.1 Å². The third kappa shape index (κ3) is 3.21. The van der Waals surface area contributed by atoms with Gasteiger partial charge in [-0.3, -0.25) is 4.79 Å². The van der Waals surface area contributed by atoms with Gasteiger partial charge in [-0.15, -0.1) is 0 Å². The van der Waals surface area contributed by atoms with Gasteiger partial charge < -0.3 is 20.3 Å². The number of carbonyl (C=O) groups is 2. The minimum atomic E-state index is -0.806. The van der Waals surface area contributed by atoms with Crippen LogP contribution in [0.2, 0.25) is 0 Å². The van der Waals surface area contributed by atoms with Crippen molar-refractivity contribution < 1.29 is 18.8 Å². The number of nitrogens with one attached hydrogen (secondary N) is 1. The molecule has 0 radical (unpaired) electrons. The number of rotatable bonds is 4. The lowest BCUT2D eigenvalue weighted by atomic mass is 10.2. The van der Waals surface area contributed by atoms with Gasteiger partial charge in [0, 0.05) is 0 Å². The summed E-state index contributed by atoms with van der Waals surface area (Å²) in [6.07, 6.45) is 0. The Morgan fingerprint density at radius 1 is 1.45 bits per heavy atom. The normalized spacial score (nSPS) is 9.82. The van der Waals surface area contributed by atoms with Crippen LogP contribution in [0.1, 0.15) is 21.6 Å². The van der Waals surface area contributed by atoms with Crippen LogP contribution in [0.4, 0.5) is 11.6 Å². The second kappa shape index (κ2) is 6.41. The van der Waals surface area contributed by atoms with E-state index >= 15 is 0 Å². The second-order valence-electron chi connectivity index (χ2n) is 4.29. The zero-order chi connectivity index (χ0) is 16.1. The first-order valence-corrected chi connectivity index (χ1v) is 6.20. The lowest BCUT2D eigenvalue weighted by Gasteiger charge is -2.07. The molecule has 2 rings (SSSR count). The molecule has 0 spiro atoms. The molecule has 0 aliphatic rings. The number of hydrogen-bond acceptors (Lipinski definition) is 7. The van der Waals surface area contributed by atoms with E-state index in [1.807, 2.05) is 6.07 Å². The number of anilines is 2. The smallest absolute Gasteiger partial charge is 0.346 e. The van der Waals surface area contributed by atoms with Crippen LogP contribution in [-0.2, 0) is 9.53 Å². The minimum Gasteiger partial charge on any atom is -0.452 e. The van der Waals surface area contributed by atoms with E-state index in [2.05, 4.69) is 15.0 Å². The molecule has 0 fully saturated rings. The maximum absolute atomic E-state index is 11.8. The van der Waals surface area contributed by atoms with Gasteiger partial charge in [0.2, 0.25) is 5.88 Å². The van der Waals surface area contributed by atoms with Crippen molar-refractivity contribution in [3.8, 4) is 6.07 Å². The van der Waals surface area contributed by atoms with E-state index in [0.29, 0.717) is 11.3 Å². The van der Waals surface area contributed by atoms with Crippen LogP contribution >= 0.6 is 0 Å². The molecule has 1 amide bonds. The summed E-state index contributed by atoms with van der Waals surface area (Å²) in [5, 5.41) is 14.9. The van der Waals surface area contributed by atoms with Gasteiger partial charge in [-0.25, -0.2) is 4.79 Å². The number of para-hydroxylation sites is 1. The van der Waals surface area contributed by atoms with Crippen LogP contribution in [0.15, 0.2) is 28.8 Å². The van der Waals surface area contributed by atoms with Crippen LogP contribution < -0.4 is 11.1 Å². The summed E-state index contributed by atoms with van der Waals surface area (Å²) in [7, 11) is 0. The summed E-state index contributed by atoms with van der Waals surface area (Å²) >= 11 is 0. The van der Waals surface area contributed by atoms with Gasteiger partial charge in [-0.1, -0.05) is 17.3 Å². The molecule has 22 heavy (non-hydrogen) atoms. The zero-order valence-corrected chi connectivity index (χ0v) is 11.6. The van der Waals surface area contributed by atoms with Crippen LogP contribution in [0.5, 0.6) is 0 Å². The number of amides is 1. The molecule has 8 nitrogen and oxygen atoms in total.